The molecule has 130 valence electrons. The van der Waals surface area contributed by atoms with Crippen molar-refractivity contribution in [3.05, 3.63) is 30.1 Å². The Bertz CT molecular complexity index is 607. The third-order valence-corrected chi connectivity index (χ3v) is 3.23. The molecule has 1 aromatic heterocycles. The maximum absolute atomic E-state index is 11.7. The molecule has 0 aliphatic heterocycles. The molecule has 1 unspecified atom stereocenters. The molecule has 1 aromatic rings. The number of nitrogens with one attached hydrogen (secondary N) is 2. The standard InChI is InChI=1S/C15H20N4O4S/c1-10(11-6-4-5-9-16-11)18-19-15(24)17-12(14(21)23-3)7-8-13(20)22-2/h4-6,9,12H,7-8H2,1-3H3,(H2,17,19,24)/b18-10+. The molecule has 0 saturated carbocycles. The van der Waals surface area contributed by atoms with Crippen molar-refractivity contribution < 1.29 is 19.1 Å². The van der Waals surface area contributed by atoms with Crippen LogP contribution in [0.1, 0.15) is 25.5 Å². The van der Waals surface area contributed by atoms with E-state index in [1.54, 1.807) is 19.2 Å². The Morgan fingerprint density at radius 3 is 2.67 bits per heavy atom. The van der Waals surface area contributed by atoms with Crippen LogP contribution in [0.4, 0.5) is 0 Å². The second kappa shape index (κ2) is 10.3. The van der Waals surface area contributed by atoms with E-state index in [2.05, 4.69) is 30.3 Å². The van der Waals surface area contributed by atoms with Crippen LogP contribution in [-0.2, 0) is 19.1 Å². The Labute approximate surface area is 145 Å². The number of esters is 2. The van der Waals surface area contributed by atoms with Crippen molar-refractivity contribution in [3.63, 3.8) is 0 Å². The lowest BCUT2D eigenvalue weighted by Crippen LogP contribution is -2.45. The van der Waals surface area contributed by atoms with Gasteiger partial charge in [-0.3, -0.25) is 15.2 Å². The monoisotopic (exact) mass is 352 g/mol. The zero-order valence-electron chi connectivity index (χ0n) is 13.7. The van der Waals surface area contributed by atoms with Crippen LogP contribution in [0.5, 0.6) is 0 Å². The van der Waals surface area contributed by atoms with Gasteiger partial charge in [-0.2, -0.15) is 5.10 Å². The lowest BCUT2D eigenvalue weighted by Gasteiger charge is -2.17. The van der Waals surface area contributed by atoms with Gasteiger partial charge in [-0.25, -0.2) is 4.79 Å². The number of aromatic nitrogens is 1. The fraction of sp³-hybridized carbons (Fsp3) is 0.400. The molecular formula is C15H20N4O4S. The topological polar surface area (TPSA) is 102 Å². The van der Waals surface area contributed by atoms with E-state index in [1.807, 2.05) is 12.1 Å². The average molecular weight is 352 g/mol. The molecule has 0 saturated heterocycles. The summed E-state index contributed by atoms with van der Waals surface area (Å²) in [6.07, 6.45) is 1.90. The van der Waals surface area contributed by atoms with Gasteiger partial charge in [0, 0.05) is 12.6 Å². The third kappa shape index (κ3) is 6.69. The molecule has 1 heterocycles. The Morgan fingerprint density at radius 2 is 2.08 bits per heavy atom. The molecule has 9 heteroatoms. The van der Waals surface area contributed by atoms with E-state index in [0.717, 1.165) is 0 Å². The molecule has 8 nitrogen and oxygen atoms in total. The van der Waals surface area contributed by atoms with Crippen molar-refractivity contribution in [1.29, 1.82) is 0 Å². The third-order valence-electron chi connectivity index (χ3n) is 3.02. The van der Waals surface area contributed by atoms with Crippen molar-refractivity contribution in [1.82, 2.24) is 15.7 Å². The van der Waals surface area contributed by atoms with E-state index in [0.29, 0.717) is 11.4 Å². The average Bonchev–Trinajstić information content (AvgIpc) is 2.62. The van der Waals surface area contributed by atoms with Gasteiger partial charge in [-0.15, -0.1) is 0 Å². The van der Waals surface area contributed by atoms with Gasteiger partial charge in [0.25, 0.3) is 0 Å². The van der Waals surface area contributed by atoms with E-state index in [4.69, 9.17) is 12.2 Å². The molecule has 24 heavy (non-hydrogen) atoms. The summed E-state index contributed by atoms with van der Waals surface area (Å²) in [6.45, 7) is 1.77. The van der Waals surface area contributed by atoms with Gasteiger partial charge in [0.1, 0.15) is 6.04 Å². The predicted octanol–water partition coefficient (Wildman–Crippen LogP) is 0.764. The van der Waals surface area contributed by atoms with E-state index in [-0.39, 0.29) is 18.0 Å². The van der Waals surface area contributed by atoms with Crippen LogP contribution in [0, 0.1) is 0 Å². The first-order valence-electron chi connectivity index (χ1n) is 7.14. The lowest BCUT2D eigenvalue weighted by atomic mass is 10.1. The highest BCUT2D eigenvalue weighted by molar-refractivity contribution is 7.80. The number of rotatable bonds is 7. The largest absolute Gasteiger partial charge is 0.469 e. The number of thiocarbonyl (C=S) groups is 1. The molecule has 2 N–H and O–H groups in total. The first-order chi connectivity index (χ1) is 11.5. The molecule has 1 atom stereocenters. The summed E-state index contributed by atoms with van der Waals surface area (Å²) in [6, 6.07) is 4.68. The molecule has 0 aliphatic carbocycles. The van der Waals surface area contributed by atoms with Crippen LogP contribution in [0.15, 0.2) is 29.5 Å². The zero-order chi connectivity index (χ0) is 17.9. The maximum atomic E-state index is 11.7. The number of carbonyl (C=O) groups is 2. The summed E-state index contributed by atoms with van der Waals surface area (Å²) < 4.78 is 9.24. The quantitative estimate of drug-likeness (QED) is 0.321. The summed E-state index contributed by atoms with van der Waals surface area (Å²) in [4.78, 5) is 27.1. The van der Waals surface area contributed by atoms with Crippen molar-refractivity contribution in [3.8, 4) is 0 Å². The van der Waals surface area contributed by atoms with Gasteiger partial charge in [-0.1, -0.05) is 6.07 Å². The van der Waals surface area contributed by atoms with Crippen LogP contribution < -0.4 is 10.7 Å². The van der Waals surface area contributed by atoms with Crippen LogP contribution in [-0.4, -0.2) is 48.0 Å². The van der Waals surface area contributed by atoms with Gasteiger partial charge in [0.2, 0.25) is 0 Å². The van der Waals surface area contributed by atoms with E-state index in [1.165, 1.54) is 14.2 Å². The molecule has 0 aromatic carbocycles. The van der Waals surface area contributed by atoms with E-state index >= 15 is 0 Å². The Balaban J connectivity index is 2.61. The first-order valence-corrected chi connectivity index (χ1v) is 7.55. The minimum absolute atomic E-state index is 0.0576. The molecule has 1 rings (SSSR count). The smallest absolute Gasteiger partial charge is 0.328 e. The summed E-state index contributed by atoms with van der Waals surface area (Å²) in [7, 11) is 2.54. The predicted molar refractivity (Wildman–Crippen MR) is 92.4 cm³/mol. The second-order valence-electron chi connectivity index (χ2n) is 4.69. The Hall–Kier alpha value is -2.55. The van der Waals surface area contributed by atoms with Gasteiger partial charge in [-0.05, 0) is 37.7 Å². The van der Waals surface area contributed by atoms with Gasteiger partial charge in [0.05, 0.1) is 25.6 Å². The number of ether oxygens (including phenoxy) is 2. The molecule has 0 amide bonds. The molecule has 0 aliphatic rings. The van der Waals surface area contributed by atoms with Gasteiger partial charge in [0.15, 0.2) is 5.11 Å². The number of hydrogen-bond acceptors (Lipinski definition) is 7. The van der Waals surface area contributed by atoms with Gasteiger partial charge >= 0.3 is 11.9 Å². The minimum atomic E-state index is -0.778. The summed E-state index contributed by atoms with van der Waals surface area (Å²) >= 11 is 5.10. The fourth-order valence-electron chi connectivity index (χ4n) is 1.71. The van der Waals surface area contributed by atoms with Crippen LogP contribution >= 0.6 is 12.2 Å². The van der Waals surface area contributed by atoms with Crippen molar-refractivity contribution in [2.45, 2.75) is 25.8 Å². The summed E-state index contributed by atoms with van der Waals surface area (Å²) in [5, 5.41) is 7.00. The Morgan fingerprint density at radius 1 is 1.33 bits per heavy atom. The fourth-order valence-corrected chi connectivity index (χ4v) is 1.90. The van der Waals surface area contributed by atoms with Crippen LogP contribution in [0.25, 0.3) is 0 Å². The number of pyridine rings is 1. The van der Waals surface area contributed by atoms with Gasteiger partial charge < -0.3 is 14.8 Å². The maximum Gasteiger partial charge on any atom is 0.328 e. The number of nitrogens with zero attached hydrogens (tertiary/aromatic N) is 2. The lowest BCUT2D eigenvalue weighted by molar-refractivity contribution is -0.144. The number of hydrogen-bond donors (Lipinski definition) is 2. The number of hydrazone groups is 1. The van der Waals surface area contributed by atoms with Crippen LogP contribution in [0.2, 0.25) is 0 Å². The normalized spacial score (nSPS) is 12.0. The van der Waals surface area contributed by atoms with Crippen molar-refractivity contribution >= 4 is 35.0 Å². The van der Waals surface area contributed by atoms with Crippen molar-refractivity contribution in [2.75, 3.05) is 14.2 Å². The van der Waals surface area contributed by atoms with E-state index < -0.39 is 18.0 Å². The Kier molecular flexibility index (Phi) is 8.34. The molecule has 0 spiro atoms. The highest BCUT2D eigenvalue weighted by Crippen LogP contribution is 2.01. The molecule has 0 fully saturated rings. The highest BCUT2D eigenvalue weighted by atomic mass is 32.1. The number of carbonyl (C=O) groups excluding carboxylic acids is 2. The SMILES string of the molecule is COC(=O)CCC(NC(=S)N/N=C(\C)c1ccccn1)C(=O)OC. The van der Waals surface area contributed by atoms with Crippen molar-refractivity contribution in [2.24, 2.45) is 5.10 Å². The van der Waals surface area contributed by atoms with E-state index in [9.17, 15) is 9.59 Å². The minimum Gasteiger partial charge on any atom is -0.469 e. The summed E-state index contributed by atoms with van der Waals surface area (Å²) in [5.41, 5.74) is 3.96. The number of methoxy groups -OCH3 is 2. The van der Waals surface area contributed by atoms with Crippen LogP contribution in [0.3, 0.4) is 0 Å². The highest BCUT2D eigenvalue weighted by Gasteiger charge is 2.21. The molecule has 0 bridgehead atoms. The zero-order valence-corrected chi connectivity index (χ0v) is 14.6. The molecular weight excluding hydrogens is 332 g/mol. The first kappa shape index (κ1) is 19.5. The second-order valence-corrected chi connectivity index (χ2v) is 5.10. The summed E-state index contributed by atoms with van der Waals surface area (Å²) in [5.74, 6) is -0.956. The molecule has 0 radical (unpaired) electrons.